The van der Waals surface area contributed by atoms with Crippen molar-refractivity contribution in [1.82, 2.24) is 5.32 Å². The molecule has 0 spiro atoms. The number of nitrogens with one attached hydrogen (secondary N) is 1. The molecule has 1 N–H and O–H groups in total. The highest BCUT2D eigenvalue weighted by atomic mass is 19.3. The number of fused-ring (bicyclic) bond motifs is 2. The van der Waals surface area contributed by atoms with Crippen LogP contribution < -0.4 is 15.0 Å². The lowest BCUT2D eigenvalue weighted by atomic mass is 9.94. The fourth-order valence-electron chi connectivity index (χ4n) is 3.44. The van der Waals surface area contributed by atoms with Gasteiger partial charge in [-0.1, -0.05) is 6.92 Å². The van der Waals surface area contributed by atoms with Gasteiger partial charge in [-0.15, -0.1) is 0 Å². The molecule has 0 unspecified atom stereocenters. The number of benzene rings is 1. The van der Waals surface area contributed by atoms with Gasteiger partial charge >= 0.3 is 0 Å². The molecule has 0 bridgehead atoms. The molecule has 0 atom stereocenters. The number of alkyl halides is 2. The summed E-state index contributed by atoms with van der Waals surface area (Å²) >= 11 is 0. The van der Waals surface area contributed by atoms with Gasteiger partial charge in [0.2, 0.25) is 0 Å². The van der Waals surface area contributed by atoms with Crippen LogP contribution in [0.4, 0.5) is 14.5 Å². The van der Waals surface area contributed by atoms with Crippen molar-refractivity contribution in [2.45, 2.75) is 39.0 Å². The summed E-state index contributed by atoms with van der Waals surface area (Å²) < 4.78 is 33.5. The molecule has 1 aromatic rings. The molecule has 0 amide bonds. The van der Waals surface area contributed by atoms with E-state index < -0.39 is 5.92 Å². The minimum absolute atomic E-state index is 0.131. The van der Waals surface area contributed by atoms with E-state index in [0.29, 0.717) is 13.2 Å². The van der Waals surface area contributed by atoms with Crippen molar-refractivity contribution < 1.29 is 13.5 Å². The Hall–Kier alpha value is -1.36. The average Bonchev–Trinajstić information content (AvgIpc) is 2.72. The summed E-state index contributed by atoms with van der Waals surface area (Å²) in [4.78, 5) is 1.82. The Morgan fingerprint density at radius 3 is 2.86 bits per heavy atom. The van der Waals surface area contributed by atoms with E-state index in [1.165, 1.54) is 18.1 Å². The fourth-order valence-corrected chi connectivity index (χ4v) is 3.44. The monoisotopic (exact) mass is 310 g/mol. The molecule has 0 fully saturated rings. The smallest absolute Gasteiger partial charge is 0.264 e. The first-order valence-corrected chi connectivity index (χ1v) is 8.13. The number of halogens is 2. The first-order chi connectivity index (χ1) is 10.5. The van der Waals surface area contributed by atoms with Crippen molar-refractivity contribution in [3.05, 3.63) is 22.8 Å². The molecular formula is C17H24F2N2O. The van der Waals surface area contributed by atoms with Crippen molar-refractivity contribution in [1.29, 1.82) is 0 Å². The van der Waals surface area contributed by atoms with Crippen LogP contribution in [-0.2, 0) is 12.8 Å². The second-order valence-corrected chi connectivity index (χ2v) is 6.22. The molecule has 1 aromatic carbocycles. The molecule has 2 heterocycles. The topological polar surface area (TPSA) is 24.5 Å². The van der Waals surface area contributed by atoms with Crippen molar-refractivity contribution in [2.75, 3.05) is 37.7 Å². The summed E-state index contributed by atoms with van der Waals surface area (Å²) in [6.07, 6.45) is 1.79. The van der Waals surface area contributed by atoms with Gasteiger partial charge in [-0.3, -0.25) is 0 Å². The van der Waals surface area contributed by atoms with Crippen LogP contribution in [0.5, 0.6) is 5.75 Å². The van der Waals surface area contributed by atoms with Gasteiger partial charge in [-0.2, -0.15) is 0 Å². The van der Waals surface area contributed by atoms with E-state index in [0.717, 1.165) is 42.9 Å². The molecule has 2 aliphatic rings. The Kier molecular flexibility index (Phi) is 4.26. The largest absolute Gasteiger partial charge is 0.490 e. The van der Waals surface area contributed by atoms with Gasteiger partial charge in [-0.25, -0.2) is 8.78 Å². The third-order valence-corrected chi connectivity index (χ3v) is 4.73. The Morgan fingerprint density at radius 2 is 2.09 bits per heavy atom. The Labute approximate surface area is 130 Å². The van der Waals surface area contributed by atoms with Crippen LogP contribution in [0.3, 0.4) is 0 Å². The van der Waals surface area contributed by atoms with E-state index in [1.54, 1.807) is 0 Å². The van der Waals surface area contributed by atoms with E-state index in [-0.39, 0.29) is 13.0 Å². The van der Waals surface area contributed by atoms with Gasteiger partial charge in [-0.05, 0) is 55.6 Å². The number of anilines is 1. The maximum absolute atomic E-state index is 13.9. The zero-order chi connectivity index (χ0) is 15.7. The second-order valence-electron chi connectivity index (χ2n) is 6.22. The zero-order valence-electron chi connectivity index (χ0n) is 13.3. The highest BCUT2D eigenvalue weighted by Crippen LogP contribution is 2.40. The standard InChI is InChI=1S/C17H24F2N2O/c1-3-17(18,19)11-21-8-9-22-15-10-13-4-6-20-7-5-14(13)12(2)16(15)21/h10,20H,3-9,11H2,1-2H3. The van der Waals surface area contributed by atoms with Gasteiger partial charge in [0.25, 0.3) is 5.92 Å². The van der Waals surface area contributed by atoms with Gasteiger partial charge < -0.3 is 15.0 Å². The van der Waals surface area contributed by atoms with E-state index in [1.807, 2.05) is 4.90 Å². The Bertz CT molecular complexity index is 560. The number of nitrogens with zero attached hydrogens (tertiary/aromatic N) is 1. The molecule has 0 aliphatic carbocycles. The van der Waals surface area contributed by atoms with Crippen LogP contribution in [0.15, 0.2) is 6.07 Å². The summed E-state index contributed by atoms with van der Waals surface area (Å²) in [5.41, 5.74) is 4.59. The maximum Gasteiger partial charge on any atom is 0.264 e. The molecule has 3 nitrogen and oxygen atoms in total. The summed E-state index contributed by atoms with van der Waals surface area (Å²) in [6.45, 7) is 6.27. The molecule has 0 radical (unpaired) electrons. The molecule has 122 valence electrons. The molecular weight excluding hydrogens is 286 g/mol. The Morgan fingerprint density at radius 1 is 1.32 bits per heavy atom. The van der Waals surface area contributed by atoms with Gasteiger partial charge in [0.05, 0.1) is 18.8 Å². The molecule has 0 aromatic heterocycles. The van der Waals surface area contributed by atoms with Crippen LogP contribution >= 0.6 is 0 Å². The van der Waals surface area contributed by atoms with Crippen LogP contribution in [0.2, 0.25) is 0 Å². The summed E-state index contributed by atoms with van der Waals surface area (Å²) in [5.74, 6) is -1.88. The van der Waals surface area contributed by atoms with Gasteiger partial charge in [0.1, 0.15) is 12.4 Å². The first-order valence-electron chi connectivity index (χ1n) is 8.13. The average molecular weight is 310 g/mol. The van der Waals surface area contributed by atoms with E-state index in [2.05, 4.69) is 18.3 Å². The third-order valence-electron chi connectivity index (χ3n) is 4.73. The molecule has 2 aliphatic heterocycles. The van der Waals surface area contributed by atoms with Crippen LogP contribution in [0.25, 0.3) is 0 Å². The molecule has 0 saturated carbocycles. The van der Waals surface area contributed by atoms with Crippen molar-refractivity contribution in [3.63, 3.8) is 0 Å². The lowest BCUT2D eigenvalue weighted by Crippen LogP contribution is -2.42. The number of hydrogen-bond donors (Lipinski definition) is 1. The minimum atomic E-state index is -2.66. The number of hydrogen-bond acceptors (Lipinski definition) is 3. The Balaban J connectivity index is 2.00. The van der Waals surface area contributed by atoms with Crippen molar-refractivity contribution in [3.8, 4) is 5.75 Å². The molecule has 22 heavy (non-hydrogen) atoms. The van der Waals surface area contributed by atoms with Crippen LogP contribution in [0, 0.1) is 6.92 Å². The van der Waals surface area contributed by atoms with Gasteiger partial charge in [0, 0.05) is 6.42 Å². The molecule has 3 rings (SSSR count). The first kappa shape index (κ1) is 15.5. The highest BCUT2D eigenvalue weighted by Gasteiger charge is 2.33. The third kappa shape index (κ3) is 2.91. The van der Waals surface area contributed by atoms with Crippen LogP contribution in [-0.4, -0.2) is 38.7 Å². The van der Waals surface area contributed by atoms with Crippen molar-refractivity contribution >= 4 is 5.69 Å². The summed E-state index contributed by atoms with van der Waals surface area (Å²) in [5, 5.41) is 3.40. The minimum Gasteiger partial charge on any atom is -0.490 e. The maximum atomic E-state index is 13.9. The van der Waals surface area contributed by atoms with Gasteiger partial charge in [0.15, 0.2) is 0 Å². The quantitative estimate of drug-likeness (QED) is 0.929. The number of ether oxygens (including phenoxy) is 1. The fraction of sp³-hybridized carbons (Fsp3) is 0.647. The molecule has 5 heteroatoms. The van der Waals surface area contributed by atoms with E-state index >= 15 is 0 Å². The summed E-state index contributed by atoms with van der Waals surface area (Å²) in [6, 6.07) is 2.07. The van der Waals surface area contributed by atoms with E-state index in [9.17, 15) is 8.78 Å². The predicted molar refractivity (Wildman–Crippen MR) is 84.4 cm³/mol. The second kappa shape index (κ2) is 6.03. The summed E-state index contributed by atoms with van der Waals surface area (Å²) in [7, 11) is 0. The normalized spacial score (nSPS) is 18.3. The van der Waals surface area contributed by atoms with Crippen molar-refractivity contribution in [2.24, 2.45) is 0 Å². The molecule has 0 saturated heterocycles. The van der Waals surface area contributed by atoms with E-state index in [4.69, 9.17) is 4.74 Å². The highest BCUT2D eigenvalue weighted by molar-refractivity contribution is 5.69. The predicted octanol–water partition coefficient (Wildman–Crippen LogP) is 2.93. The lowest BCUT2D eigenvalue weighted by molar-refractivity contribution is 0.00413. The van der Waals surface area contributed by atoms with Crippen LogP contribution in [0.1, 0.15) is 30.0 Å². The zero-order valence-corrected chi connectivity index (χ0v) is 13.3. The lowest BCUT2D eigenvalue weighted by Gasteiger charge is -2.36. The SMILES string of the molecule is CCC(F)(F)CN1CCOc2cc3c(c(C)c21)CCNCC3. The number of rotatable bonds is 3.